The SMILES string of the molecule is O=Nc1c(O)c(S(=O)(=O)[O-])cc2cc(S(=O)(=O)[O-])ccc12.[Cu+2]. The van der Waals surface area contributed by atoms with E-state index in [1.54, 1.807) is 0 Å². The van der Waals surface area contributed by atoms with E-state index in [1.807, 2.05) is 0 Å². The molecule has 0 saturated heterocycles. The Balaban J connectivity index is 0.00000242. The number of phenolic OH excluding ortho intramolecular Hbond substituents is 1. The van der Waals surface area contributed by atoms with Crippen molar-refractivity contribution in [3.8, 4) is 5.75 Å². The summed E-state index contributed by atoms with van der Waals surface area (Å²) in [6.45, 7) is 0. The molecule has 0 saturated carbocycles. The summed E-state index contributed by atoms with van der Waals surface area (Å²) in [5, 5.41) is 11.7. The van der Waals surface area contributed by atoms with Crippen LogP contribution in [0.15, 0.2) is 39.2 Å². The molecule has 121 valence electrons. The van der Waals surface area contributed by atoms with E-state index >= 15 is 0 Å². The summed E-state index contributed by atoms with van der Waals surface area (Å²) in [5.41, 5.74) is -0.739. The van der Waals surface area contributed by atoms with E-state index in [0.717, 1.165) is 18.2 Å². The molecule has 0 aliphatic carbocycles. The number of hydrogen-bond acceptors (Lipinski definition) is 9. The minimum absolute atomic E-state index is 0. The van der Waals surface area contributed by atoms with Gasteiger partial charge in [-0.05, 0) is 28.8 Å². The maximum absolute atomic E-state index is 11.0. The summed E-state index contributed by atoms with van der Waals surface area (Å²) in [4.78, 5) is 8.89. The fourth-order valence-corrected chi connectivity index (χ4v) is 2.88. The minimum Gasteiger partial charge on any atom is -0.744 e. The van der Waals surface area contributed by atoms with Crippen molar-refractivity contribution in [3.63, 3.8) is 0 Å². The molecule has 2 aromatic carbocycles. The van der Waals surface area contributed by atoms with Crippen molar-refractivity contribution in [2.24, 2.45) is 5.18 Å². The quantitative estimate of drug-likeness (QED) is 0.452. The Labute approximate surface area is 134 Å². The number of aromatic hydroxyl groups is 1. The molecule has 0 aliphatic heterocycles. The smallest absolute Gasteiger partial charge is 0.744 e. The average Bonchev–Trinajstić information content (AvgIpc) is 2.35. The molecule has 1 radical (unpaired) electrons. The van der Waals surface area contributed by atoms with Gasteiger partial charge in [-0.25, -0.2) is 16.8 Å². The Morgan fingerprint density at radius 2 is 1.59 bits per heavy atom. The molecule has 9 nitrogen and oxygen atoms in total. The summed E-state index contributed by atoms with van der Waals surface area (Å²) in [7, 11) is -9.95. The molecule has 0 unspecified atom stereocenters. The standard InChI is InChI=1S/C10H7NO8S2.Cu/c12-10-8(21(17,18)19)4-5-3-6(20(14,15)16)1-2-7(5)9(10)11-13;/h1-4,12H,(H,14,15,16)(H,17,18,19);/q;+2/p-2. The Bertz CT molecular complexity index is 968. The summed E-state index contributed by atoms with van der Waals surface area (Å²) in [6, 6.07) is 3.30. The Kier molecular flexibility index (Phi) is 4.97. The normalized spacial score (nSPS) is 11.9. The van der Waals surface area contributed by atoms with Crippen LogP contribution in [0.2, 0.25) is 0 Å². The van der Waals surface area contributed by atoms with Gasteiger partial charge in [-0.3, -0.25) is 0 Å². The zero-order valence-electron chi connectivity index (χ0n) is 10.2. The molecule has 12 heteroatoms. The van der Waals surface area contributed by atoms with Crippen LogP contribution in [0.25, 0.3) is 10.8 Å². The third-order valence-corrected chi connectivity index (χ3v) is 4.35. The number of nitroso groups, excluding NO2 is 1. The molecule has 2 aromatic rings. The average molecular weight is 395 g/mol. The molecule has 2 rings (SSSR count). The predicted octanol–water partition coefficient (Wildman–Crippen LogP) is 0.749. The van der Waals surface area contributed by atoms with Crippen LogP contribution in [0.4, 0.5) is 5.69 Å². The van der Waals surface area contributed by atoms with Gasteiger partial charge in [-0.15, -0.1) is 4.91 Å². The van der Waals surface area contributed by atoms with Crippen LogP contribution >= 0.6 is 0 Å². The Morgan fingerprint density at radius 3 is 2.05 bits per heavy atom. The van der Waals surface area contributed by atoms with Crippen molar-refractivity contribution >= 4 is 36.7 Å². The van der Waals surface area contributed by atoms with Crippen LogP contribution in [0.5, 0.6) is 5.75 Å². The first-order valence-corrected chi connectivity index (χ1v) is 7.92. The molecule has 0 amide bonds. The van der Waals surface area contributed by atoms with Gasteiger partial charge >= 0.3 is 17.1 Å². The van der Waals surface area contributed by atoms with E-state index in [-0.39, 0.29) is 27.8 Å². The Hall–Kier alpha value is -1.56. The van der Waals surface area contributed by atoms with E-state index in [2.05, 4.69) is 5.18 Å². The van der Waals surface area contributed by atoms with Gasteiger partial charge < -0.3 is 14.2 Å². The molecular formula is C10H5CuNO8S2. The van der Waals surface area contributed by atoms with E-state index in [4.69, 9.17) is 0 Å². The molecule has 0 aliphatic rings. The number of hydrogen-bond donors (Lipinski definition) is 1. The van der Waals surface area contributed by atoms with E-state index < -0.39 is 41.5 Å². The summed E-state index contributed by atoms with van der Waals surface area (Å²) in [5.74, 6) is -1.13. The van der Waals surface area contributed by atoms with Crippen molar-refractivity contribution in [2.75, 3.05) is 0 Å². The number of phenols is 1. The van der Waals surface area contributed by atoms with Gasteiger partial charge in [-0.2, -0.15) is 0 Å². The van der Waals surface area contributed by atoms with Crippen LogP contribution < -0.4 is 0 Å². The second-order valence-corrected chi connectivity index (χ2v) is 6.68. The van der Waals surface area contributed by atoms with E-state index in [1.165, 1.54) is 0 Å². The first-order chi connectivity index (χ1) is 9.55. The molecule has 1 N–H and O–H groups in total. The first kappa shape index (κ1) is 18.5. The van der Waals surface area contributed by atoms with Gasteiger partial charge in [0.25, 0.3) is 0 Å². The number of fused-ring (bicyclic) bond motifs is 1. The maximum Gasteiger partial charge on any atom is 2.00 e. The zero-order chi connectivity index (χ0) is 16.0. The molecule has 0 heterocycles. The number of rotatable bonds is 3. The number of nitrogens with zero attached hydrogens (tertiary/aromatic N) is 1. The van der Waals surface area contributed by atoms with Crippen molar-refractivity contribution in [2.45, 2.75) is 9.79 Å². The molecule has 0 spiro atoms. The van der Waals surface area contributed by atoms with Gasteiger partial charge in [-0.1, -0.05) is 6.07 Å². The van der Waals surface area contributed by atoms with Crippen molar-refractivity contribution in [1.82, 2.24) is 0 Å². The molecule has 22 heavy (non-hydrogen) atoms. The molecular weight excluding hydrogens is 390 g/mol. The molecule has 0 atom stereocenters. The van der Waals surface area contributed by atoms with E-state index in [0.29, 0.717) is 6.07 Å². The fourth-order valence-electron chi connectivity index (χ4n) is 1.77. The van der Waals surface area contributed by atoms with Gasteiger partial charge in [0.15, 0.2) is 11.4 Å². The van der Waals surface area contributed by atoms with E-state index in [9.17, 15) is 36.0 Å². The van der Waals surface area contributed by atoms with Crippen LogP contribution in [-0.2, 0) is 37.3 Å². The second kappa shape index (κ2) is 5.91. The van der Waals surface area contributed by atoms with Crippen molar-refractivity contribution in [1.29, 1.82) is 0 Å². The zero-order valence-corrected chi connectivity index (χ0v) is 12.8. The third kappa shape index (κ3) is 3.27. The first-order valence-electron chi connectivity index (χ1n) is 5.10. The third-order valence-electron chi connectivity index (χ3n) is 2.67. The molecule has 0 fully saturated rings. The molecule has 0 bridgehead atoms. The maximum atomic E-state index is 11.0. The van der Waals surface area contributed by atoms with Crippen LogP contribution in [0.3, 0.4) is 0 Å². The number of benzene rings is 2. The van der Waals surface area contributed by atoms with Crippen molar-refractivity contribution in [3.05, 3.63) is 29.2 Å². The monoisotopic (exact) mass is 394 g/mol. The largest absolute Gasteiger partial charge is 2.00 e. The Morgan fingerprint density at radius 1 is 1.00 bits per heavy atom. The van der Waals surface area contributed by atoms with Gasteiger partial charge in [0.1, 0.15) is 20.2 Å². The van der Waals surface area contributed by atoms with Gasteiger partial charge in [0.05, 0.1) is 9.79 Å². The summed E-state index contributed by atoms with van der Waals surface area (Å²) in [6.07, 6.45) is 0. The molecule has 0 aromatic heterocycles. The van der Waals surface area contributed by atoms with Crippen LogP contribution in [0, 0.1) is 4.91 Å². The van der Waals surface area contributed by atoms with Crippen molar-refractivity contribution < 1.29 is 48.1 Å². The van der Waals surface area contributed by atoms with Gasteiger partial charge in [0.2, 0.25) is 0 Å². The fraction of sp³-hybridized carbons (Fsp3) is 0. The predicted molar refractivity (Wildman–Crippen MR) is 67.0 cm³/mol. The van der Waals surface area contributed by atoms with Gasteiger partial charge in [0, 0.05) is 5.39 Å². The summed E-state index contributed by atoms with van der Waals surface area (Å²) < 4.78 is 65.8. The topological polar surface area (TPSA) is 164 Å². The minimum atomic E-state index is -5.13. The second-order valence-electron chi connectivity index (χ2n) is 3.95. The van der Waals surface area contributed by atoms with Crippen LogP contribution in [-0.4, -0.2) is 31.0 Å². The van der Waals surface area contributed by atoms with Crippen LogP contribution in [0.1, 0.15) is 0 Å². The summed E-state index contributed by atoms with van der Waals surface area (Å²) >= 11 is 0.